The van der Waals surface area contributed by atoms with Crippen molar-refractivity contribution in [2.45, 2.75) is 39.2 Å². The van der Waals surface area contributed by atoms with Gasteiger partial charge in [-0.25, -0.2) is 0 Å². The van der Waals surface area contributed by atoms with E-state index < -0.39 is 0 Å². The van der Waals surface area contributed by atoms with E-state index in [9.17, 15) is 0 Å². The van der Waals surface area contributed by atoms with Gasteiger partial charge in [-0.3, -0.25) is 4.68 Å². The van der Waals surface area contributed by atoms with E-state index in [2.05, 4.69) is 64.6 Å². The van der Waals surface area contributed by atoms with Gasteiger partial charge in [-0.05, 0) is 61.6 Å². The molecule has 0 fully saturated rings. The molecule has 2 rings (SSSR count). The molecule has 0 saturated carbocycles. The maximum Gasteiger partial charge on any atom is 0.0521 e. The van der Waals surface area contributed by atoms with Crippen LogP contribution < -0.4 is 5.32 Å². The van der Waals surface area contributed by atoms with Crippen LogP contribution in [0, 0.1) is 6.92 Å². The fraction of sp³-hybridized carbons (Fsp3) is 0.471. The summed E-state index contributed by atoms with van der Waals surface area (Å²) in [4.78, 5) is 0. The molecule has 0 aliphatic heterocycles. The summed E-state index contributed by atoms with van der Waals surface area (Å²) in [7, 11) is 1.97. The summed E-state index contributed by atoms with van der Waals surface area (Å²) >= 11 is 3.61. The molecular weight excluding hydrogens is 326 g/mol. The molecule has 1 aromatic heterocycles. The Kier molecular flexibility index (Phi) is 6.00. The van der Waals surface area contributed by atoms with Gasteiger partial charge in [0, 0.05) is 23.8 Å². The van der Waals surface area contributed by atoms with Gasteiger partial charge in [0.25, 0.3) is 0 Å². The third-order valence-corrected chi connectivity index (χ3v) is 4.05. The molecule has 1 aromatic carbocycles. The van der Waals surface area contributed by atoms with E-state index in [4.69, 9.17) is 0 Å². The van der Waals surface area contributed by atoms with E-state index in [1.54, 1.807) is 0 Å². The molecule has 0 aliphatic carbocycles. The van der Waals surface area contributed by atoms with Crippen LogP contribution in [0.3, 0.4) is 0 Å². The molecule has 21 heavy (non-hydrogen) atoms. The Morgan fingerprint density at radius 2 is 2.14 bits per heavy atom. The van der Waals surface area contributed by atoms with Crippen molar-refractivity contribution in [1.82, 2.24) is 15.1 Å². The Bertz CT molecular complexity index is 557. The predicted octanol–water partition coefficient (Wildman–Crippen LogP) is 4.16. The zero-order chi connectivity index (χ0) is 15.2. The first-order chi connectivity index (χ1) is 10.1. The SMILES string of the molecule is CCCNC(CCc1cnn(C)c1)c1cc(C)cc(Br)c1. The smallest absolute Gasteiger partial charge is 0.0521 e. The second-order valence-electron chi connectivity index (χ2n) is 5.63. The minimum absolute atomic E-state index is 0.390. The van der Waals surface area contributed by atoms with Crippen LogP contribution in [0.15, 0.2) is 35.1 Å². The highest BCUT2D eigenvalue weighted by atomic mass is 79.9. The number of hydrogen-bond donors (Lipinski definition) is 1. The minimum Gasteiger partial charge on any atom is -0.310 e. The predicted molar refractivity (Wildman–Crippen MR) is 91.4 cm³/mol. The highest BCUT2D eigenvalue weighted by Gasteiger charge is 2.12. The topological polar surface area (TPSA) is 29.9 Å². The highest BCUT2D eigenvalue weighted by molar-refractivity contribution is 9.10. The summed E-state index contributed by atoms with van der Waals surface area (Å²) in [5.41, 5.74) is 3.95. The Morgan fingerprint density at radius 1 is 1.33 bits per heavy atom. The van der Waals surface area contributed by atoms with Crippen LogP contribution in [0.2, 0.25) is 0 Å². The number of hydrogen-bond acceptors (Lipinski definition) is 2. The van der Waals surface area contributed by atoms with Gasteiger partial charge in [-0.15, -0.1) is 0 Å². The van der Waals surface area contributed by atoms with Crippen molar-refractivity contribution in [1.29, 1.82) is 0 Å². The molecule has 4 heteroatoms. The molecule has 0 amide bonds. The maximum absolute atomic E-state index is 4.25. The van der Waals surface area contributed by atoms with Crippen LogP contribution in [0.1, 0.15) is 42.5 Å². The molecule has 0 spiro atoms. The second-order valence-corrected chi connectivity index (χ2v) is 6.55. The minimum atomic E-state index is 0.390. The fourth-order valence-corrected chi connectivity index (χ4v) is 3.21. The first-order valence-corrected chi connectivity index (χ1v) is 8.35. The summed E-state index contributed by atoms with van der Waals surface area (Å²) < 4.78 is 3.02. The monoisotopic (exact) mass is 349 g/mol. The zero-order valence-corrected chi connectivity index (χ0v) is 14.7. The first kappa shape index (κ1) is 16.2. The second kappa shape index (κ2) is 7.76. The van der Waals surface area contributed by atoms with Crippen molar-refractivity contribution in [3.05, 3.63) is 51.8 Å². The van der Waals surface area contributed by atoms with Crippen molar-refractivity contribution in [2.24, 2.45) is 7.05 Å². The maximum atomic E-state index is 4.25. The molecule has 114 valence electrons. The summed E-state index contributed by atoms with van der Waals surface area (Å²) in [5.74, 6) is 0. The number of halogens is 1. The number of nitrogens with zero attached hydrogens (tertiary/aromatic N) is 2. The van der Waals surface area contributed by atoms with Gasteiger partial charge in [0.05, 0.1) is 6.20 Å². The summed E-state index contributed by atoms with van der Waals surface area (Å²) in [6.07, 6.45) is 7.34. The van der Waals surface area contributed by atoms with Crippen LogP contribution in [-0.2, 0) is 13.5 Å². The van der Waals surface area contributed by atoms with Crippen LogP contribution in [0.25, 0.3) is 0 Å². The number of nitrogens with one attached hydrogen (secondary N) is 1. The van der Waals surface area contributed by atoms with Gasteiger partial charge in [0.2, 0.25) is 0 Å². The van der Waals surface area contributed by atoms with E-state index in [0.717, 1.165) is 30.3 Å². The summed E-state index contributed by atoms with van der Waals surface area (Å²) in [5, 5.41) is 7.92. The zero-order valence-electron chi connectivity index (χ0n) is 13.1. The van der Waals surface area contributed by atoms with Gasteiger partial charge in [0.15, 0.2) is 0 Å². The Morgan fingerprint density at radius 3 is 2.76 bits per heavy atom. The van der Waals surface area contributed by atoms with Gasteiger partial charge in [-0.2, -0.15) is 5.10 Å². The number of rotatable bonds is 7. The number of aromatic nitrogens is 2. The molecule has 0 saturated heterocycles. The quantitative estimate of drug-likeness (QED) is 0.812. The third kappa shape index (κ3) is 4.97. The van der Waals surface area contributed by atoms with E-state index >= 15 is 0 Å². The van der Waals surface area contributed by atoms with E-state index in [1.165, 1.54) is 16.7 Å². The van der Waals surface area contributed by atoms with Crippen molar-refractivity contribution in [3.63, 3.8) is 0 Å². The molecule has 0 radical (unpaired) electrons. The van der Waals surface area contributed by atoms with Crippen molar-refractivity contribution in [2.75, 3.05) is 6.54 Å². The van der Waals surface area contributed by atoms with Crippen LogP contribution >= 0.6 is 15.9 Å². The molecule has 0 aliphatic rings. The Balaban J connectivity index is 2.09. The van der Waals surface area contributed by atoms with E-state index in [-0.39, 0.29) is 0 Å². The Hall–Kier alpha value is -1.13. The molecule has 1 heterocycles. The van der Waals surface area contributed by atoms with Gasteiger partial charge < -0.3 is 5.32 Å². The van der Waals surface area contributed by atoms with E-state index in [1.807, 2.05) is 17.9 Å². The fourth-order valence-electron chi connectivity index (χ4n) is 2.58. The molecule has 1 atom stereocenters. The van der Waals surface area contributed by atoms with Crippen LogP contribution in [0.4, 0.5) is 0 Å². The van der Waals surface area contributed by atoms with Gasteiger partial charge in [0.1, 0.15) is 0 Å². The highest BCUT2D eigenvalue weighted by Crippen LogP contribution is 2.24. The van der Waals surface area contributed by atoms with Crippen LogP contribution in [-0.4, -0.2) is 16.3 Å². The van der Waals surface area contributed by atoms with E-state index in [0.29, 0.717) is 6.04 Å². The molecule has 3 nitrogen and oxygen atoms in total. The third-order valence-electron chi connectivity index (χ3n) is 3.59. The number of benzene rings is 1. The standard InChI is InChI=1S/C17H24BrN3/c1-4-7-19-17(6-5-14-11-20-21(3)12-14)15-8-13(2)9-16(18)10-15/h8-12,17,19H,4-7H2,1-3H3. The normalized spacial score (nSPS) is 12.6. The van der Waals surface area contributed by atoms with Crippen molar-refractivity contribution >= 4 is 15.9 Å². The van der Waals surface area contributed by atoms with Gasteiger partial charge in [-0.1, -0.05) is 28.9 Å². The summed E-state index contributed by atoms with van der Waals surface area (Å²) in [6, 6.07) is 7.05. The molecule has 1 unspecified atom stereocenters. The molecular formula is C17H24BrN3. The number of aryl methyl sites for hydroxylation is 3. The lowest BCUT2D eigenvalue weighted by Crippen LogP contribution is -2.22. The molecule has 1 N–H and O–H groups in total. The molecule has 2 aromatic rings. The summed E-state index contributed by atoms with van der Waals surface area (Å²) in [6.45, 7) is 5.40. The molecule has 0 bridgehead atoms. The lowest BCUT2D eigenvalue weighted by atomic mass is 9.98. The lowest BCUT2D eigenvalue weighted by molar-refractivity contribution is 0.499. The average molecular weight is 350 g/mol. The van der Waals surface area contributed by atoms with Gasteiger partial charge >= 0.3 is 0 Å². The Labute approximate surface area is 135 Å². The van der Waals surface area contributed by atoms with Crippen molar-refractivity contribution in [3.8, 4) is 0 Å². The average Bonchev–Trinajstić information content (AvgIpc) is 2.83. The first-order valence-electron chi connectivity index (χ1n) is 7.56. The van der Waals surface area contributed by atoms with Crippen LogP contribution in [0.5, 0.6) is 0 Å². The van der Waals surface area contributed by atoms with Crippen molar-refractivity contribution < 1.29 is 0 Å². The lowest BCUT2D eigenvalue weighted by Gasteiger charge is -2.19. The largest absolute Gasteiger partial charge is 0.310 e.